The summed E-state index contributed by atoms with van der Waals surface area (Å²) in [6.45, 7) is 0. The maximum absolute atomic E-state index is 11.9. The Morgan fingerprint density at radius 1 is 0.880 bits per heavy atom. The maximum Gasteiger partial charge on any atom is 0.295 e. The molecule has 6 heteroatoms. The van der Waals surface area contributed by atoms with Crippen molar-refractivity contribution in [3.05, 3.63) is 72.1 Å². The summed E-state index contributed by atoms with van der Waals surface area (Å²) in [6, 6.07) is 18.5. The molecule has 0 atom stereocenters. The zero-order chi connectivity index (χ0) is 17.6. The first kappa shape index (κ1) is 15.6. The standard InChI is InChI=1S/C19H13NO4S/c20-12-9-10-14-17(11-12)24-16-7-3-1-5-13(16)19(14)15-6-2-4-8-18(15)25(21,22)23/h1-11,20H,(H,21,22,23). The third kappa shape index (κ3) is 2.61. The van der Waals surface area contributed by atoms with Crippen molar-refractivity contribution in [3.63, 3.8) is 0 Å². The van der Waals surface area contributed by atoms with Crippen LogP contribution in [0.2, 0.25) is 0 Å². The molecule has 5 nitrogen and oxygen atoms in total. The van der Waals surface area contributed by atoms with Crippen LogP contribution in [0.25, 0.3) is 33.4 Å². The zero-order valence-corrected chi connectivity index (χ0v) is 13.7. The molecule has 0 unspecified atom stereocenters. The van der Waals surface area contributed by atoms with E-state index in [4.69, 9.17) is 9.83 Å². The number of fused-ring (bicyclic) bond motifs is 2. The highest BCUT2D eigenvalue weighted by Crippen LogP contribution is 2.41. The Morgan fingerprint density at radius 2 is 1.60 bits per heavy atom. The van der Waals surface area contributed by atoms with Gasteiger partial charge in [0.15, 0.2) is 0 Å². The molecule has 0 aromatic heterocycles. The average Bonchev–Trinajstić information content (AvgIpc) is 2.59. The van der Waals surface area contributed by atoms with Gasteiger partial charge in [-0.3, -0.25) is 4.55 Å². The first-order valence-electron chi connectivity index (χ1n) is 7.52. The van der Waals surface area contributed by atoms with Gasteiger partial charge in [-0.15, -0.1) is 0 Å². The molecule has 0 spiro atoms. The average molecular weight is 351 g/mol. The second kappa shape index (κ2) is 5.54. The summed E-state index contributed by atoms with van der Waals surface area (Å²) < 4.78 is 39.2. The highest BCUT2D eigenvalue weighted by molar-refractivity contribution is 7.86. The van der Waals surface area contributed by atoms with E-state index < -0.39 is 10.1 Å². The number of rotatable bonds is 2. The van der Waals surface area contributed by atoms with Crippen molar-refractivity contribution in [2.75, 3.05) is 0 Å². The van der Waals surface area contributed by atoms with Crippen molar-refractivity contribution in [1.29, 1.82) is 5.41 Å². The fraction of sp³-hybridized carbons (Fsp3) is 0. The van der Waals surface area contributed by atoms with Crippen molar-refractivity contribution in [2.45, 2.75) is 4.90 Å². The van der Waals surface area contributed by atoms with Crippen LogP contribution in [0.4, 0.5) is 0 Å². The molecule has 0 amide bonds. The van der Waals surface area contributed by atoms with Gasteiger partial charge in [0.2, 0.25) is 0 Å². The molecule has 25 heavy (non-hydrogen) atoms. The smallest absolute Gasteiger partial charge is 0.295 e. The van der Waals surface area contributed by atoms with Gasteiger partial charge in [-0.1, -0.05) is 36.4 Å². The summed E-state index contributed by atoms with van der Waals surface area (Å²) in [5.74, 6) is 0.478. The van der Waals surface area contributed by atoms with E-state index in [-0.39, 0.29) is 4.90 Å². The lowest BCUT2D eigenvalue weighted by atomic mass is 9.94. The van der Waals surface area contributed by atoms with E-state index in [1.165, 1.54) is 6.07 Å². The van der Waals surface area contributed by atoms with Crippen molar-refractivity contribution in [1.82, 2.24) is 0 Å². The Balaban J connectivity index is 2.24. The summed E-state index contributed by atoms with van der Waals surface area (Å²) in [6.07, 6.45) is 0. The summed E-state index contributed by atoms with van der Waals surface area (Å²) >= 11 is 0. The molecule has 0 bridgehead atoms. The molecule has 4 rings (SSSR count). The summed E-state index contributed by atoms with van der Waals surface area (Å²) in [5, 5.41) is 8.82. The van der Waals surface area contributed by atoms with Gasteiger partial charge in [-0.25, -0.2) is 0 Å². The van der Waals surface area contributed by atoms with Gasteiger partial charge < -0.3 is 9.83 Å². The zero-order valence-electron chi connectivity index (χ0n) is 12.9. The van der Waals surface area contributed by atoms with Crippen LogP contribution in [0.15, 0.2) is 76.0 Å². The van der Waals surface area contributed by atoms with E-state index in [2.05, 4.69) is 0 Å². The quantitative estimate of drug-likeness (QED) is 0.423. The second-order valence-electron chi connectivity index (χ2n) is 5.66. The monoisotopic (exact) mass is 351 g/mol. The number of hydrogen-bond acceptors (Lipinski definition) is 4. The molecule has 0 radical (unpaired) electrons. The number of benzene rings is 3. The predicted octanol–water partition coefficient (Wildman–Crippen LogP) is 3.93. The fourth-order valence-corrected chi connectivity index (χ4v) is 3.73. The topological polar surface area (TPSA) is 91.4 Å². The van der Waals surface area contributed by atoms with Crippen LogP contribution in [-0.4, -0.2) is 13.0 Å². The lowest BCUT2D eigenvalue weighted by molar-refractivity contribution is 0.483. The Morgan fingerprint density at radius 3 is 2.40 bits per heavy atom. The van der Waals surface area contributed by atoms with Crippen LogP contribution in [-0.2, 0) is 10.1 Å². The molecular formula is C19H13NO4S. The van der Waals surface area contributed by atoms with Crippen molar-refractivity contribution >= 4 is 21.1 Å². The Labute approximate surface area is 143 Å². The van der Waals surface area contributed by atoms with Crippen LogP contribution < -0.4 is 5.36 Å². The maximum atomic E-state index is 11.9. The fourth-order valence-electron chi connectivity index (χ4n) is 3.03. The highest BCUT2D eigenvalue weighted by atomic mass is 32.2. The van der Waals surface area contributed by atoms with Crippen LogP contribution in [0.1, 0.15) is 0 Å². The van der Waals surface area contributed by atoms with Crippen molar-refractivity contribution in [3.8, 4) is 22.5 Å². The van der Waals surface area contributed by atoms with E-state index in [0.29, 0.717) is 33.4 Å². The molecule has 1 aliphatic heterocycles. The normalized spacial score (nSPS) is 11.9. The molecule has 2 aliphatic rings. The highest BCUT2D eigenvalue weighted by Gasteiger charge is 2.22. The largest absolute Gasteiger partial charge is 0.456 e. The minimum absolute atomic E-state index is 0.164. The minimum Gasteiger partial charge on any atom is -0.456 e. The van der Waals surface area contributed by atoms with Gasteiger partial charge in [0.1, 0.15) is 16.2 Å². The molecule has 0 fully saturated rings. The molecule has 1 heterocycles. The summed E-state index contributed by atoms with van der Waals surface area (Å²) in [7, 11) is -4.39. The second-order valence-corrected chi connectivity index (χ2v) is 7.05. The van der Waals surface area contributed by atoms with Gasteiger partial charge in [-0.05, 0) is 24.3 Å². The number of para-hydroxylation sites is 1. The van der Waals surface area contributed by atoms with Gasteiger partial charge in [0.05, 0.1) is 5.36 Å². The molecule has 0 saturated heterocycles. The SMILES string of the molecule is N=c1ccc2c(-c3ccccc3S(=O)(=O)O)c3ccccc3oc-2c1. The number of nitrogens with one attached hydrogen (secondary N) is 1. The molecule has 2 N–H and O–H groups in total. The van der Waals surface area contributed by atoms with Crippen molar-refractivity contribution < 1.29 is 17.4 Å². The first-order chi connectivity index (χ1) is 11.9. The lowest BCUT2D eigenvalue weighted by Crippen LogP contribution is -2.03. The Hall–Kier alpha value is -2.96. The van der Waals surface area contributed by atoms with Crippen LogP contribution in [0.5, 0.6) is 0 Å². The van der Waals surface area contributed by atoms with E-state index in [1.807, 2.05) is 18.2 Å². The van der Waals surface area contributed by atoms with Gasteiger partial charge in [-0.2, -0.15) is 8.42 Å². The molecule has 1 aliphatic carbocycles. The lowest BCUT2D eigenvalue weighted by Gasteiger charge is -2.16. The summed E-state index contributed by atoms with van der Waals surface area (Å²) in [5.41, 5.74) is 2.27. The minimum atomic E-state index is -4.39. The first-order valence-corrected chi connectivity index (χ1v) is 8.96. The van der Waals surface area contributed by atoms with E-state index in [1.54, 1.807) is 42.5 Å². The van der Waals surface area contributed by atoms with E-state index in [0.717, 1.165) is 5.39 Å². The van der Waals surface area contributed by atoms with Gasteiger partial charge in [0.25, 0.3) is 10.1 Å². The van der Waals surface area contributed by atoms with Crippen molar-refractivity contribution in [2.24, 2.45) is 0 Å². The molecular weight excluding hydrogens is 338 g/mol. The third-order valence-corrected chi connectivity index (χ3v) is 4.97. The Kier molecular flexibility index (Phi) is 3.45. The van der Waals surface area contributed by atoms with Gasteiger partial charge >= 0.3 is 0 Å². The third-order valence-electron chi connectivity index (χ3n) is 4.06. The van der Waals surface area contributed by atoms with E-state index >= 15 is 0 Å². The Bertz CT molecular complexity index is 1240. The van der Waals surface area contributed by atoms with Crippen LogP contribution in [0.3, 0.4) is 0 Å². The molecule has 2 aromatic carbocycles. The van der Waals surface area contributed by atoms with E-state index in [9.17, 15) is 13.0 Å². The van der Waals surface area contributed by atoms with Crippen LogP contribution in [0, 0.1) is 5.41 Å². The number of hydrogen-bond donors (Lipinski definition) is 2. The summed E-state index contributed by atoms with van der Waals surface area (Å²) in [4.78, 5) is -0.164. The van der Waals surface area contributed by atoms with Gasteiger partial charge in [0, 0.05) is 28.1 Å². The molecule has 124 valence electrons. The predicted molar refractivity (Wildman–Crippen MR) is 93.9 cm³/mol. The van der Waals surface area contributed by atoms with Crippen LogP contribution >= 0.6 is 0 Å². The molecule has 2 aromatic rings. The molecule has 0 saturated carbocycles.